The third kappa shape index (κ3) is 4.23. The molecule has 1 amide bonds. The summed E-state index contributed by atoms with van der Waals surface area (Å²) in [5, 5.41) is 13.6. The van der Waals surface area contributed by atoms with Crippen LogP contribution in [0.2, 0.25) is 0 Å². The monoisotopic (exact) mass is 532 g/mol. The molecule has 2 aromatic carbocycles. The molecule has 3 heterocycles. The van der Waals surface area contributed by atoms with Gasteiger partial charge >= 0.3 is 0 Å². The third-order valence-electron chi connectivity index (χ3n) is 6.04. The highest BCUT2D eigenvalue weighted by Crippen LogP contribution is 2.37. The molecular weight excluding hydrogens is 515 g/mol. The molecule has 2 aromatic heterocycles. The molecule has 0 bridgehead atoms. The number of nitrogen functional groups attached to an aromatic ring is 1. The van der Waals surface area contributed by atoms with Crippen LogP contribution in [0, 0.1) is 29.1 Å². The largest absolute Gasteiger partial charge is 0.515 e. The minimum absolute atomic E-state index is 0.00416. The Morgan fingerprint density at radius 1 is 1.08 bits per heavy atom. The first-order valence-electron chi connectivity index (χ1n) is 11.1. The van der Waals surface area contributed by atoms with Gasteiger partial charge in [0.15, 0.2) is 17.3 Å². The number of fused-ring (bicyclic) bond motifs is 1. The molecule has 1 aliphatic rings. The minimum Gasteiger partial charge on any atom is -0.515 e. The first kappa shape index (κ1) is 24.9. The molecule has 0 radical (unpaired) electrons. The summed E-state index contributed by atoms with van der Waals surface area (Å²) in [6.07, 6.45) is 3.36. The Hall–Kier alpha value is -4.75. The Balaban J connectivity index is 1.52. The molecule has 0 saturated carbocycles. The van der Waals surface area contributed by atoms with E-state index in [0.717, 1.165) is 18.2 Å². The molecule has 1 aliphatic heterocycles. The van der Waals surface area contributed by atoms with Crippen LogP contribution < -0.4 is 10.5 Å². The summed E-state index contributed by atoms with van der Waals surface area (Å²) in [4.78, 5) is 21.8. The molecular formula is C24H17F5N6O3. The van der Waals surface area contributed by atoms with Crippen LogP contribution in [0.4, 0.5) is 27.8 Å². The van der Waals surface area contributed by atoms with Crippen LogP contribution in [0.1, 0.15) is 12.5 Å². The van der Waals surface area contributed by atoms with Crippen molar-refractivity contribution in [2.24, 2.45) is 0 Å². The SMILES string of the molecule is Nc1ncnc2c1c(-c1ccc(Oc3c(F)c(F)cc(F)c3F)cc1F)nn2C1CCN(C(=O)/C=C/O)C1. The summed E-state index contributed by atoms with van der Waals surface area (Å²) in [6, 6.07) is 2.75. The van der Waals surface area contributed by atoms with Gasteiger partial charge in [-0.3, -0.25) is 4.79 Å². The summed E-state index contributed by atoms with van der Waals surface area (Å²) in [5.74, 6) is -10.1. The number of ether oxygens (including phenoxy) is 1. The van der Waals surface area contributed by atoms with E-state index in [1.807, 2.05) is 0 Å². The number of halogens is 5. The van der Waals surface area contributed by atoms with E-state index in [9.17, 15) is 22.4 Å². The maximum atomic E-state index is 15.3. The Labute approximate surface area is 210 Å². The van der Waals surface area contributed by atoms with Crippen molar-refractivity contribution in [3.63, 3.8) is 0 Å². The van der Waals surface area contributed by atoms with E-state index < -0.39 is 46.5 Å². The number of rotatable bonds is 5. The lowest BCUT2D eigenvalue weighted by atomic mass is 10.1. The van der Waals surface area contributed by atoms with Crippen molar-refractivity contribution in [3.8, 4) is 22.8 Å². The van der Waals surface area contributed by atoms with Gasteiger partial charge in [-0.15, -0.1) is 0 Å². The quantitative estimate of drug-likeness (QED) is 0.169. The number of benzene rings is 2. The predicted molar refractivity (Wildman–Crippen MR) is 123 cm³/mol. The fraction of sp³-hybridized carbons (Fsp3) is 0.167. The maximum Gasteiger partial charge on any atom is 0.249 e. The zero-order valence-corrected chi connectivity index (χ0v) is 19.2. The topological polar surface area (TPSA) is 119 Å². The van der Waals surface area contributed by atoms with Crippen molar-refractivity contribution < 1.29 is 36.6 Å². The van der Waals surface area contributed by atoms with Crippen LogP contribution in [-0.4, -0.2) is 48.8 Å². The summed E-state index contributed by atoms with van der Waals surface area (Å²) >= 11 is 0. The van der Waals surface area contributed by atoms with E-state index in [1.165, 1.54) is 22.0 Å². The van der Waals surface area contributed by atoms with E-state index in [2.05, 4.69) is 15.1 Å². The summed E-state index contributed by atoms with van der Waals surface area (Å²) < 4.78 is 76.7. The molecule has 9 nitrogen and oxygen atoms in total. The van der Waals surface area contributed by atoms with Gasteiger partial charge in [-0.25, -0.2) is 27.8 Å². The number of likely N-dealkylation sites (tertiary alicyclic amines) is 1. The van der Waals surface area contributed by atoms with Crippen molar-refractivity contribution in [1.29, 1.82) is 0 Å². The van der Waals surface area contributed by atoms with E-state index in [1.54, 1.807) is 0 Å². The van der Waals surface area contributed by atoms with Gasteiger partial charge in [0.2, 0.25) is 23.3 Å². The fourth-order valence-corrected chi connectivity index (χ4v) is 4.26. The van der Waals surface area contributed by atoms with Gasteiger partial charge in [0.1, 0.15) is 29.4 Å². The number of carbonyl (C=O) groups is 1. The molecule has 38 heavy (non-hydrogen) atoms. The number of nitrogens with two attached hydrogens (primary N) is 1. The second-order valence-electron chi connectivity index (χ2n) is 8.33. The zero-order chi connectivity index (χ0) is 27.1. The highest BCUT2D eigenvalue weighted by molar-refractivity contribution is 5.98. The highest BCUT2D eigenvalue weighted by atomic mass is 19.2. The molecule has 0 aliphatic carbocycles. The Morgan fingerprint density at radius 3 is 2.50 bits per heavy atom. The van der Waals surface area contributed by atoms with Crippen molar-refractivity contribution in [2.75, 3.05) is 18.8 Å². The van der Waals surface area contributed by atoms with Gasteiger partial charge in [0.05, 0.1) is 17.7 Å². The molecule has 14 heteroatoms. The molecule has 4 aromatic rings. The molecule has 0 spiro atoms. The van der Waals surface area contributed by atoms with Crippen LogP contribution in [0.3, 0.4) is 0 Å². The summed E-state index contributed by atoms with van der Waals surface area (Å²) in [7, 11) is 0. The lowest BCUT2D eigenvalue weighted by molar-refractivity contribution is -0.125. The summed E-state index contributed by atoms with van der Waals surface area (Å²) in [6.45, 7) is 0.610. The van der Waals surface area contributed by atoms with E-state index in [4.69, 9.17) is 15.6 Å². The Bertz CT molecular complexity index is 1580. The predicted octanol–water partition coefficient (Wildman–Crippen LogP) is 4.41. The first-order valence-corrected chi connectivity index (χ1v) is 11.1. The van der Waals surface area contributed by atoms with Gasteiger partial charge in [0.25, 0.3) is 0 Å². The van der Waals surface area contributed by atoms with Crippen LogP contribution in [0.5, 0.6) is 11.5 Å². The molecule has 1 fully saturated rings. The van der Waals surface area contributed by atoms with Crippen LogP contribution in [0.25, 0.3) is 22.3 Å². The maximum absolute atomic E-state index is 15.3. The van der Waals surface area contributed by atoms with E-state index in [0.29, 0.717) is 19.2 Å². The van der Waals surface area contributed by atoms with Crippen LogP contribution in [0.15, 0.2) is 42.9 Å². The van der Waals surface area contributed by atoms with Gasteiger partial charge in [-0.1, -0.05) is 0 Å². The molecule has 1 saturated heterocycles. The number of aromatic nitrogens is 4. The fourth-order valence-electron chi connectivity index (χ4n) is 4.26. The minimum atomic E-state index is -1.78. The number of hydrogen-bond acceptors (Lipinski definition) is 7. The highest BCUT2D eigenvalue weighted by Gasteiger charge is 2.31. The third-order valence-corrected chi connectivity index (χ3v) is 6.04. The van der Waals surface area contributed by atoms with Crippen LogP contribution in [-0.2, 0) is 4.79 Å². The first-order chi connectivity index (χ1) is 18.2. The van der Waals surface area contributed by atoms with Crippen molar-refractivity contribution in [2.45, 2.75) is 12.5 Å². The molecule has 3 N–H and O–H groups in total. The molecule has 1 unspecified atom stereocenters. The number of carbonyl (C=O) groups excluding carboxylic acids is 1. The number of hydrogen-bond donors (Lipinski definition) is 2. The van der Waals surface area contributed by atoms with E-state index in [-0.39, 0.29) is 46.8 Å². The van der Waals surface area contributed by atoms with Crippen molar-refractivity contribution >= 4 is 22.8 Å². The molecule has 5 rings (SSSR count). The number of anilines is 1. The molecule has 1 atom stereocenters. The van der Waals surface area contributed by atoms with Gasteiger partial charge in [-0.05, 0) is 18.6 Å². The average molecular weight is 532 g/mol. The van der Waals surface area contributed by atoms with Crippen LogP contribution >= 0.6 is 0 Å². The number of aliphatic hydroxyl groups is 1. The lowest BCUT2D eigenvalue weighted by Crippen LogP contribution is -2.27. The van der Waals surface area contributed by atoms with Gasteiger partial charge < -0.3 is 20.5 Å². The van der Waals surface area contributed by atoms with Crippen molar-refractivity contribution in [1.82, 2.24) is 24.6 Å². The second-order valence-corrected chi connectivity index (χ2v) is 8.33. The number of nitrogens with zero attached hydrogens (tertiary/aromatic N) is 5. The zero-order valence-electron chi connectivity index (χ0n) is 19.2. The second kappa shape index (κ2) is 9.61. The lowest BCUT2D eigenvalue weighted by Gasteiger charge is -2.14. The number of amides is 1. The van der Waals surface area contributed by atoms with Crippen molar-refractivity contribution in [3.05, 3.63) is 72.0 Å². The van der Waals surface area contributed by atoms with E-state index >= 15 is 4.39 Å². The Kier molecular flexibility index (Phi) is 6.30. The Morgan fingerprint density at radius 2 is 1.82 bits per heavy atom. The smallest absolute Gasteiger partial charge is 0.249 e. The molecule has 196 valence electrons. The number of aliphatic hydroxyl groups excluding tert-OH is 1. The summed E-state index contributed by atoms with van der Waals surface area (Å²) in [5.41, 5.74) is 6.30. The normalized spacial score (nSPS) is 15.6. The van der Waals surface area contributed by atoms with Gasteiger partial charge in [-0.2, -0.15) is 13.9 Å². The standard InChI is InChI=1S/C24H17F5N6O3/c25-14-7-12(38-22-19(28)15(26)8-16(27)20(22)29)1-2-13(14)21-18-23(30)31-10-32-24(18)35(33-21)11-3-5-34(9-11)17(37)4-6-36/h1-2,4,6-8,10-11,36H,3,5,9H2,(H2,30,31,32)/b6-4+. The van der Waals surface area contributed by atoms with Gasteiger partial charge in [0, 0.05) is 36.9 Å². The average Bonchev–Trinajstić information content (AvgIpc) is 3.52.